The second-order valence-electron chi connectivity index (χ2n) is 6.38. The molecule has 30 heavy (non-hydrogen) atoms. The fourth-order valence-corrected chi connectivity index (χ4v) is 2.22. The lowest BCUT2D eigenvalue weighted by Gasteiger charge is -2.23. The van der Waals surface area contributed by atoms with Gasteiger partial charge in [0.15, 0.2) is 0 Å². The van der Waals surface area contributed by atoms with E-state index in [9.17, 15) is 19.2 Å². The first-order chi connectivity index (χ1) is 14.1. The van der Waals surface area contributed by atoms with E-state index in [4.69, 9.17) is 31.9 Å². The quantitative estimate of drug-likeness (QED) is 0.111. The summed E-state index contributed by atoms with van der Waals surface area (Å²) < 4.78 is 0. The van der Waals surface area contributed by atoms with Crippen LogP contribution in [0.25, 0.3) is 0 Å². The number of aliphatic carboxylic acids is 4. The first-order valence-electron chi connectivity index (χ1n) is 9.55. The van der Waals surface area contributed by atoms with Crippen LogP contribution in [0, 0.1) is 0 Å². The molecule has 0 aliphatic rings. The highest BCUT2D eigenvalue weighted by Crippen LogP contribution is 1.94. The first-order valence-corrected chi connectivity index (χ1v) is 9.55. The number of carbonyl (C=O) groups is 4. The van der Waals surface area contributed by atoms with Crippen molar-refractivity contribution < 1.29 is 39.6 Å². The van der Waals surface area contributed by atoms with Crippen molar-refractivity contribution >= 4 is 23.9 Å². The van der Waals surface area contributed by atoms with Crippen LogP contribution in [-0.4, -0.2) is 120 Å². The molecule has 9 N–H and O–H groups in total. The summed E-state index contributed by atoms with van der Waals surface area (Å²) >= 11 is 0. The fourth-order valence-electron chi connectivity index (χ4n) is 2.22. The van der Waals surface area contributed by atoms with Gasteiger partial charge in [0.05, 0.1) is 26.2 Å². The highest BCUT2D eigenvalue weighted by molar-refractivity contribution is 5.73. The molecule has 0 saturated heterocycles. The molecule has 13 heteroatoms. The van der Waals surface area contributed by atoms with Crippen LogP contribution in [0.3, 0.4) is 0 Å². The van der Waals surface area contributed by atoms with E-state index < -0.39 is 50.1 Å². The second kappa shape index (κ2) is 20.0. The summed E-state index contributed by atoms with van der Waals surface area (Å²) in [5.41, 5.74) is 10.6. The zero-order valence-electron chi connectivity index (χ0n) is 17.2. The third-order valence-corrected chi connectivity index (χ3v) is 3.53. The minimum absolute atomic E-state index is 0.0703. The molecule has 0 aromatic carbocycles. The Kier molecular flexibility index (Phi) is 19.9. The Morgan fingerprint density at radius 1 is 0.600 bits per heavy atom. The first kappa shape index (κ1) is 29.9. The van der Waals surface area contributed by atoms with Gasteiger partial charge in [0.1, 0.15) is 0 Å². The predicted molar refractivity (Wildman–Crippen MR) is 108 cm³/mol. The van der Waals surface area contributed by atoms with Crippen LogP contribution in [0.15, 0.2) is 0 Å². The van der Waals surface area contributed by atoms with E-state index in [-0.39, 0.29) is 13.1 Å². The summed E-state index contributed by atoms with van der Waals surface area (Å²) in [7, 11) is 0. The van der Waals surface area contributed by atoms with E-state index in [0.717, 1.165) is 48.8 Å². The number of rotatable bonds is 18. The van der Waals surface area contributed by atoms with E-state index in [0.29, 0.717) is 0 Å². The fraction of sp³-hybridized carbons (Fsp3) is 0.765. The molecule has 176 valence electrons. The molecule has 0 saturated carbocycles. The van der Waals surface area contributed by atoms with Gasteiger partial charge < -0.3 is 37.2 Å². The van der Waals surface area contributed by atoms with E-state index >= 15 is 0 Å². The molecule has 0 rings (SSSR count). The molecular weight excluding hydrogens is 402 g/mol. The van der Waals surface area contributed by atoms with Crippen LogP contribution in [0.4, 0.5) is 0 Å². The minimum atomic E-state index is -1.23. The number of hydrogen-bond acceptors (Lipinski definition) is 9. The van der Waals surface area contributed by atoms with Crippen molar-refractivity contribution in [1.82, 2.24) is 15.1 Å². The van der Waals surface area contributed by atoms with Crippen LogP contribution in [0.2, 0.25) is 0 Å². The molecule has 0 bridgehead atoms. The summed E-state index contributed by atoms with van der Waals surface area (Å²) in [6, 6.07) is 0. The van der Waals surface area contributed by atoms with Gasteiger partial charge in [-0.3, -0.25) is 29.0 Å². The average Bonchev–Trinajstić information content (AvgIpc) is 2.61. The van der Waals surface area contributed by atoms with Gasteiger partial charge in [-0.05, 0) is 45.4 Å². The molecular formula is C17H35N5O8. The molecule has 0 aromatic heterocycles. The van der Waals surface area contributed by atoms with E-state index in [1.807, 2.05) is 0 Å². The SMILES string of the molecule is NCCCCNCCCN.O=C(O)CN(CCN(CC(=O)O)CC(=O)O)CC(=O)O. The lowest BCUT2D eigenvalue weighted by atomic mass is 10.3. The second-order valence-corrected chi connectivity index (χ2v) is 6.38. The lowest BCUT2D eigenvalue weighted by Crippen LogP contribution is -2.43. The van der Waals surface area contributed by atoms with Gasteiger partial charge in [0.2, 0.25) is 0 Å². The normalized spacial score (nSPS) is 10.5. The number of carboxylic acid groups (broad SMARTS) is 4. The Morgan fingerprint density at radius 3 is 1.23 bits per heavy atom. The molecule has 0 radical (unpaired) electrons. The molecule has 0 aliphatic carbocycles. The van der Waals surface area contributed by atoms with Crippen molar-refractivity contribution in [2.45, 2.75) is 19.3 Å². The number of nitrogens with two attached hydrogens (primary N) is 2. The van der Waals surface area contributed by atoms with E-state index in [2.05, 4.69) is 5.32 Å². The summed E-state index contributed by atoms with van der Waals surface area (Å²) in [5, 5.41) is 37.8. The van der Waals surface area contributed by atoms with Crippen molar-refractivity contribution in [3.63, 3.8) is 0 Å². The highest BCUT2D eigenvalue weighted by atomic mass is 16.4. The molecule has 13 nitrogen and oxygen atoms in total. The third-order valence-electron chi connectivity index (χ3n) is 3.53. The van der Waals surface area contributed by atoms with Crippen molar-refractivity contribution in [3.8, 4) is 0 Å². The summed E-state index contributed by atoms with van der Waals surface area (Å²) in [6.07, 6.45) is 3.37. The zero-order valence-corrected chi connectivity index (χ0v) is 17.2. The average molecular weight is 437 g/mol. The highest BCUT2D eigenvalue weighted by Gasteiger charge is 2.17. The van der Waals surface area contributed by atoms with Crippen molar-refractivity contribution in [3.05, 3.63) is 0 Å². The minimum Gasteiger partial charge on any atom is -0.480 e. The van der Waals surface area contributed by atoms with Gasteiger partial charge >= 0.3 is 23.9 Å². The van der Waals surface area contributed by atoms with Gasteiger partial charge in [0, 0.05) is 13.1 Å². The van der Waals surface area contributed by atoms with Gasteiger partial charge in [-0.2, -0.15) is 0 Å². The number of nitrogens with zero attached hydrogens (tertiary/aromatic N) is 2. The summed E-state index contributed by atoms with van der Waals surface area (Å²) in [5.74, 6) is -4.91. The van der Waals surface area contributed by atoms with Crippen LogP contribution in [-0.2, 0) is 19.2 Å². The third kappa shape index (κ3) is 23.7. The maximum absolute atomic E-state index is 10.6. The van der Waals surface area contributed by atoms with Gasteiger partial charge in [-0.15, -0.1) is 0 Å². The number of unbranched alkanes of at least 4 members (excludes halogenated alkanes) is 1. The van der Waals surface area contributed by atoms with E-state index in [1.165, 1.54) is 6.42 Å². The number of hydrogen-bond donors (Lipinski definition) is 7. The van der Waals surface area contributed by atoms with Crippen LogP contribution >= 0.6 is 0 Å². The van der Waals surface area contributed by atoms with E-state index in [1.54, 1.807) is 0 Å². The predicted octanol–water partition coefficient (Wildman–Crippen LogP) is -2.41. The molecule has 0 amide bonds. The molecule has 0 unspecified atom stereocenters. The van der Waals surface area contributed by atoms with Crippen molar-refractivity contribution in [2.75, 3.05) is 65.4 Å². The monoisotopic (exact) mass is 437 g/mol. The molecule has 0 spiro atoms. The van der Waals surface area contributed by atoms with Crippen LogP contribution < -0.4 is 16.8 Å². The Labute approximate surface area is 175 Å². The Morgan fingerprint density at radius 2 is 0.933 bits per heavy atom. The maximum Gasteiger partial charge on any atom is 0.317 e. The maximum atomic E-state index is 10.6. The standard InChI is InChI=1S/C10H16N2O8.C7H19N3/c13-7(14)3-11(4-8(15)16)1-2-12(5-9(17)18)6-10(19)20;8-4-1-2-6-10-7-3-5-9/h1-6H2,(H,13,14)(H,15,16)(H,17,18)(H,19,20);10H,1-9H2. The van der Waals surface area contributed by atoms with Crippen LogP contribution in [0.5, 0.6) is 0 Å². The Bertz CT molecular complexity index is 431. The Hall–Kier alpha value is -2.32. The molecule has 0 aromatic rings. The molecule has 0 atom stereocenters. The van der Waals surface area contributed by atoms with Gasteiger partial charge in [-0.25, -0.2) is 0 Å². The molecule has 0 fully saturated rings. The van der Waals surface area contributed by atoms with Crippen LogP contribution in [0.1, 0.15) is 19.3 Å². The smallest absolute Gasteiger partial charge is 0.317 e. The number of nitrogens with one attached hydrogen (secondary N) is 1. The molecule has 0 heterocycles. The summed E-state index contributed by atoms with van der Waals surface area (Å²) in [4.78, 5) is 44.4. The van der Waals surface area contributed by atoms with Gasteiger partial charge in [-0.1, -0.05) is 0 Å². The van der Waals surface area contributed by atoms with Gasteiger partial charge in [0.25, 0.3) is 0 Å². The van der Waals surface area contributed by atoms with Crippen molar-refractivity contribution in [1.29, 1.82) is 0 Å². The summed E-state index contributed by atoms with van der Waals surface area (Å²) in [6.45, 7) is 1.46. The topological polar surface area (TPSA) is 220 Å². The van der Waals surface area contributed by atoms with Crippen molar-refractivity contribution in [2.24, 2.45) is 11.5 Å². The lowest BCUT2D eigenvalue weighted by molar-refractivity contribution is -0.145. The Balaban J connectivity index is 0. The number of carboxylic acids is 4. The molecule has 0 aliphatic heterocycles. The largest absolute Gasteiger partial charge is 0.480 e. The zero-order chi connectivity index (χ0) is 23.4.